The van der Waals surface area contributed by atoms with Crippen molar-refractivity contribution in [2.75, 3.05) is 6.61 Å². The van der Waals surface area contributed by atoms with Crippen LogP contribution in [0.1, 0.15) is 13.8 Å². The van der Waals surface area contributed by atoms with Gasteiger partial charge in [-0.15, -0.1) is 4.83 Å². The zero-order valence-corrected chi connectivity index (χ0v) is 11.0. The molecular formula is C11H16N2O4S. The van der Waals surface area contributed by atoms with Crippen molar-refractivity contribution in [3.05, 3.63) is 30.3 Å². The van der Waals surface area contributed by atoms with Crippen molar-refractivity contribution in [2.24, 2.45) is 5.92 Å². The minimum absolute atomic E-state index is 0.0640. The number of hydrazine groups is 1. The molecule has 1 rings (SSSR count). The predicted molar refractivity (Wildman–Crippen MR) is 66.1 cm³/mol. The number of carbonyl (C=O) groups excluding carboxylic acids is 1. The van der Waals surface area contributed by atoms with Crippen LogP contribution in [0.25, 0.3) is 0 Å². The third-order valence-electron chi connectivity index (χ3n) is 1.89. The van der Waals surface area contributed by atoms with Crippen LogP contribution in [0.5, 0.6) is 0 Å². The van der Waals surface area contributed by atoms with E-state index in [1.807, 2.05) is 24.1 Å². The van der Waals surface area contributed by atoms with Crippen molar-refractivity contribution in [1.29, 1.82) is 0 Å². The molecule has 18 heavy (non-hydrogen) atoms. The van der Waals surface area contributed by atoms with Gasteiger partial charge < -0.3 is 4.74 Å². The monoisotopic (exact) mass is 272 g/mol. The summed E-state index contributed by atoms with van der Waals surface area (Å²) in [6.07, 6.45) is -0.830. The van der Waals surface area contributed by atoms with Crippen LogP contribution in [0.15, 0.2) is 35.2 Å². The average molecular weight is 272 g/mol. The summed E-state index contributed by atoms with van der Waals surface area (Å²) in [6, 6.07) is 7.72. The van der Waals surface area contributed by atoms with Gasteiger partial charge in [-0.2, -0.15) is 0 Å². The Morgan fingerprint density at radius 3 is 2.44 bits per heavy atom. The molecule has 0 bridgehead atoms. The van der Waals surface area contributed by atoms with Gasteiger partial charge in [0.05, 0.1) is 11.5 Å². The van der Waals surface area contributed by atoms with E-state index in [2.05, 4.69) is 0 Å². The second-order valence-electron chi connectivity index (χ2n) is 4.04. The van der Waals surface area contributed by atoms with Gasteiger partial charge in [0.25, 0.3) is 10.0 Å². The number of ether oxygens (including phenoxy) is 1. The number of benzene rings is 1. The maximum absolute atomic E-state index is 11.7. The number of nitrogens with one attached hydrogen (secondary N) is 2. The Morgan fingerprint density at radius 2 is 1.89 bits per heavy atom. The van der Waals surface area contributed by atoms with E-state index in [0.29, 0.717) is 0 Å². The quantitative estimate of drug-likeness (QED) is 0.790. The van der Waals surface area contributed by atoms with Crippen LogP contribution in [0.3, 0.4) is 0 Å². The van der Waals surface area contributed by atoms with E-state index in [0.717, 1.165) is 0 Å². The Bertz CT molecular complexity index is 485. The second kappa shape index (κ2) is 6.36. The standard InChI is InChI=1S/C11H16N2O4S/c1-9(2)8-17-11(14)12-13-18(15,16)10-6-4-3-5-7-10/h3-7,9,13H,8H2,1-2H3,(H,12,14). The van der Waals surface area contributed by atoms with Gasteiger partial charge in [-0.3, -0.25) is 0 Å². The summed E-state index contributed by atoms with van der Waals surface area (Å²) in [5.41, 5.74) is 1.98. The smallest absolute Gasteiger partial charge is 0.422 e. The fraction of sp³-hybridized carbons (Fsp3) is 0.364. The summed E-state index contributed by atoms with van der Waals surface area (Å²) in [4.78, 5) is 13.2. The highest BCUT2D eigenvalue weighted by Crippen LogP contribution is 2.05. The van der Waals surface area contributed by atoms with Crippen molar-refractivity contribution >= 4 is 16.1 Å². The number of hydrogen-bond acceptors (Lipinski definition) is 4. The van der Waals surface area contributed by atoms with Gasteiger partial charge in [0.2, 0.25) is 0 Å². The molecule has 2 N–H and O–H groups in total. The highest BCUT2D eigenvalue weighted by atomic mass is 32.2. The van der Waals surface area contributed by atoms with E-state index in [1.165, 1.54) is 12.1 Å². The summed E-state index contributed by atoms with van der Waals surface area (Å²) in [5, 5.41) is 0. The molecule has 100 valence electrons. The Kier molecular flexibility index (Phi) is 5.11. The molecule has 1 amide bonds. The number of rotatable bonds is 5. The normalized spacial score (nSPS) is 11.3. The number of carbonyl (C=O) groups is 1. The molecular weight excluding hydrogens is 256 g/mol. The zero-order valence-electron chi connectivity index (χ0n) is 10.2. The molecule has 0 radical (unpaired) electrons. The first-order chi connectivity index (χ1) is 8.42. The van der Waals surface area contributed by atoms with E-state index in [-0.39, 0.29) is 17.4 Å². The minimum atomic E-state index is -3.76. The van der Waals surface area contributed by atoms with E-state index >= 15 is 0 Å². The van der Waals surface area contributed by atoms with Crippen LogP contribution in [0.4, 0.5) is 4.79 Å². The van der Waals surface area contributed by atoms with Gasteiger partial charge in [0.1, 0.15) is 0 Å². The summed E-state index contributed by atoms with van der Waals surface area (Å²) >= 11 is 0. The van der Waals surface area contributed by atoms with Gasteiger partial charge in [0.15, 0.2) is 0 Å². The molecule has 0 atom stereocenters. The van der Waals surface area contributed by atoms with Crippen LogP contribution in [-0.4, -0.2) is 21.1 Å². The third-order valence-corrected chi connectivity index (χ3v) is 3.15. The Morgan fingerprint density at radius 1 is 1.28 bits per heavy atom. The van der Waals surface area contributed by atoms with Crippen molar-refractivity contribution in [1.82, 2.24) is 10.3 Å². The summed E-state index contributed by atoms with van der Waals surface area (Å²) in [6.45, 7) is 3.97. The topological polar surface area (TPSA) is 84.5 Å². The molecule has 0 saturated carbocycles. The molecule has 0 aliphatic carbocycles. The van der Waals surface area contributed by atoms with Crippen LogP contribution in [0, 0.1) is 5.92 Å². The predicted octanol–water partition coefficient (Wildman–Crippen LogP) is 1.26. The van der Waals surface area contributed by atoms with E-state index in [1.54, 1.807) is 18.2 Å². The number of sulfonamides is 1. The lowest BCUT2D eigenvalue weighted by Gasteiger charge is -2.10. The summed E-state index contributed by atoms with van der Waals surface area (Å²) in [7, 11) is -3.76. The van der Waals surface area contributed by atoms with E-state index in [9.17, 15) is 13.2 Å². The largest absolute Gasteiger partial charge is 0.448 e. The molecule has 0 aliphatic rings. The van der Waals surface area contributed by atoms with Crippen molar-refractivity contribution < 1.29 is 17.9 Å². The molecule has 7 heteroatoms. The highest BCUT2D eigenvalue weighted by Gasteiger charge is 2.14. The fourth-order valence-corrected chi connectivity index (χ4v) is 1.90. The fourth-order valence-electron chi connectivity index (χ4n) is 1.05. The number of amides is 1. The second-order valence-corrected chi connectivity index (χ2v) is 5.72. The van der Waals surface area contributed by atoms with Gasteiger partial charge in [-0.25, -0.2) is 18.6 Å². The lowest BCUT2D eigenvalue weighted by atomic mass is 10.2. The van der Waals surface area contributed by atoms with Crippen LogP contribution >= 0.6 is 0 Å². The lowest BCUT2D eigenvalue weighted by Crippen LogP contribution is -2.42. The van der Waals surface area contributed by atoms with Crippen molar-refractivity contribution in [3.8, 4) is 0 Å². The molecule has 1 aromatic rings. The van der Waals surface area contributed by atoms with Crippen molar-refractivity contribution in [3.63, 3.8) is 0 Å². The van der Waals surface area contributed by atoms with Crippen LogP contribution in [-0.2, 0) is 14.8 Å². The first kappa shape index (κ1) is 14.5. The minimum Gasteiger partial charge on any atom is -0.448 e. The Hall–Kier alpha value is -1.60. The molecule has 0 fully saturated rings. The summed E-state index contributed by atoms with van der Waals surface area (Å²) in [5.74, 6) is 0.182. The summed E-state index contributed by atoms with van der Waals surface area (Å²) < 4.78 is 28.1. The molecule has 0 aliphatic heterocycles. The van der Waals surface area contributed by atoms with Crippen LogP contribution in [0.2, 0.25) is 0 Å². The first-order valence-corrected chi connectivity index (χ1v) is 6.90. The zero-order chi connectivity index (χ0) is 13.6. The first-order valence-electron chi connectivity index (χ1n) is 5.41. The molecule has 0 heterocycles. The van der Waals surface area contributed by atoms with Gasteiger partial charge in [0, 0.05) is 0 Å². The van der Waals surface area contributed by atoms with E-state index < -0.39 is 16.1 Å². The highest BCUT2D eigenvalue weighted by molar-refractivity contribution is 7.89. The van der Waals surface area contributed by atoms with Crippen LogP contribution < -0.4 is 10.3 Å². The Balaban J connectivity index is 2.51. The third kappa shape index (κ3) is 4.72. The molecule has 6 nitrogen and oxygen atoms in total. The maximum Gasteiger partial charge on any atom is 0.422 e. The Labute approximate surface area is 106 Å². The SMILES string of the molecule is CC(C)COC(=O)NNS(=O)(=O)c1ccccc1. The van der Waals surface area contributed by atoms with Gasteiger partial charge >= 0.3 is 6.09 Å². The van der Waals surface area contributed by atoms with Crippen molar-refractivity contribution in [2.45, 2.75) is 18.7 Å². The van der Waals surface area contributed by atoms with Gasteiger partial charge in [-0.05, 0) is 18.1 Å². The molecule has 0 saturated heterocycles. The molecule has 0 unspecified atom stereocenters. The number of hydrogen-bond donors (Lipinski definition) is 2. The van der Waals surface area contributed by atoms with Gasteiger partial charge in [-0.1, -0.05) is 32.0 Å². The van der Waals surface area contributed by atoms with E-state index in [4.69, 9.17) is 4.74 Å². The lowest BCUT2D eigenvalue weighted by molar-refractivity contribution is 0.131. The average Bonchev–Trinajstić information content (AvgIpc) is 2.35. The molecule has 0 aromatic heterocycles. The molecule has 1 aromatic carbocycles. The molecule has 0 spiro atoms. The maximum atomic E-state index is 11.7.